The standard InChI is InChI=1S/C19H14ClN5O2/c1-11-3-4-16(20)14(5-11)10-25-18(17(26)7-21)12(2)23-19(25)13-6-15(24-27)9-22-8-13/h3-6,8-9H,10H2,1-2H3. The van der Waals surface area contributed by atoms with Gasteiger partial charge in [0, 0.05) is 16.8 Å². The average molecular weight is 380 g/mol. The van der Waals surface area contributed by atoms with Gasteiger partial charge in [0.2, 0.25) is 0 Å². The number of benzene rings is 1. The van der Waals surface area contributed by atoms with Crippen LogP contribution < -0.4 is 0 Å². The molecule has 8 heteroatoms. The Morgan fingerprint density at radius 3 is 2.78 bits per heavy atom. The van der Waals surface area contributed by atoms with Crippen molar-refractivity contribution >= 4 is 23.1 Å². The van der Waals surface area contributed by atoms with Crippen molar-refractivity contribution in [2.45, 2.75) is 20.4 Å². The normalized spacial score (nSPS) is 10.4. The van der Waals surface area contributed by atoms with Crippen LogP contribution in [0.3, 0.4) is 0 Å². The summed E-state index contributed by atoms with van der Waals surface area (Å²) in [5.41, 5.74) is 3.02. The van der Waals surface area contributed by atoms with Crippen molar-refractivity contribution in [3.8, 4) is 17.5 Å². The molecule has 2 aromatic heterocycles. The van der Waals surface area contributed by atoms with Gasteiger partial charge in [-0.05, 0) is 36.7 Å². The zero-order valence-corrected chi connectivity index (χ0v) is 15.4. The summed E-state index contributed by atoms with van der Waals surface area (Å²) >= 11 is 6.31. The summed E-state index contributed by atoms with van der Waals surface area (Å²) in [5, 5.41) is 12.6. The van der Waals surface area contributed by atoms with Crippen LogP contribution >= 0.6 is 11.6 Å². The molecule has 27 heavy (non-hydrogen) atoms. The van der Waals surface area contributed by atoms with Gasteiger partial charge in [0.05, 0.1) is 18.4 Å². The summed E-state index contributed by atoms with van der Waals surface area (Å²) < 4.78 is 1.62. The molecule has 0 amide bonds. The number of hydrogen-bond donors (Lipinski definition) is 0. The number of pyridine rings is 1. The average Bonchev–Trinajstić information content (AvgIpc) is 3.00. The van der Waals surface area contributed by atoms with Crippen molar-refractivity contribution in [2.24, 2.45) is 5.18 Å². The molecule has 0 aliphatic rings. The summed E-state index contributed by atoms with van der Waals surface area (Å²) in [6, 6.07) is 8.74. The molecule has 3 rings (SSSR count). The predicted molar refractivity (Wildman–Crippen MR) is 101 cm³/mol. The number of carbonyl (C=O) groups excluding carboxylic acids is 1. The molecule has 1 aromatic carbocycles. The summed E-state index contributed by atoms with van der Waals surface area (Å²) in [7, 11) is 0. The lowest BCUT2D eigenvalue weighted by molar-refractivity contribution is 0.104. The van der Waals surface area contributed by atoms with E-state index in [0.717, 1.165) is 11.1 Å². The number of nitroso groups, excluding NO2 is 1. The smallest absolute Gasteiger partial charge is 0.280 e. The van der Waals surface area contributed by atoms with Gasteiger partial charge >= 0.3 is 0 Å². The number of hydrogen-bond acceptors (Lipinski definition) is 6. The van der Waals surface area contributed by atoms with Crippen molar-refractivity contribution < 1.29 is 4.79 Å². The molecule has 134 valence electrons. The Kier molecular flexibility index (Phi) is 5.10. The molecular weight excluding hydrogens is 366 g/mol. The Morgan fingerprint density at radius 2 is 2.07 bits per heavy atom. The molecular formula is C19H14ClN5O2. The first-order valence-electron chi connectivity index (χ1n) is 8.00. The lowest BCUT2D eigenvalue weighted by Crippen LogP contribution is -2.11. The first-order valence-corrected chi connectivity index (χ1v) is 8.37. The maximum atomic E-state index is 12.2. The Labute approximate surface area is 160 Å². The molecule has 3 aromatic rings. The monoisotopic (exact) mass is 379 g/mol. The molecule has 2 heterocycles. The second-order valence-electron chi connectivity index (χ2n) is 6.01. The largest absolute Gasteiger partial charge is 0.316 e. The van der Waals surface area contributed by atoms with E-state index in [1.165, 1.54) is 18.5 Å². The third-order valence-corrected chi connectivity index (χ3v) is 4.44. The van der Waals surface area contributed by atoms with Crippen LogP contribution in [0.1, 0.15) is 27.3 Å². The van der Waals surface area contributed by atoms with Crippen molar-refractivity contribution in [1.82, 2.24) is 14.5 Å². The number of aromatic nitrogens is 3. The first-order chi connectivity index (χ1) is 12.9. The first kappa shape index (κ1) is 18.4. The van der Waals surface area contributed by atoms with Gasteiger partial charge in [0.25, 0.3) is 5.78 Å². The summed E-state index contributed by atoms with van der Waals surface area (Å²) in [6.45, 7) is 3.82. The van der Waals surface area contributed by atoms with E-state index < -0.39 is 5.78 Å². The van der Waals surface area contributed by atoms with E-state index in [-0.39, 0.29) is 17.9 Å². The number of nitrogens with zero attached hydrogens (tertiary/aromatic N) is 5. The summed E-state index contributed by atoms with van der Waals surface area (Å²) in [5.74, 6) is -0.297. The zero-order chi connectivity index (χ0) is 19.6. The van der Waals surface area contributed by atoms with E-state index in [9.17, 15) is 9.70 Å². The van der Waals surface area contributed by atoms with Crippen LogP contribution in [0.25, 0.3) is 11.4 Å². The Balaban J connectivity index is 2.22. The van der Waals surface area contributed by atoms with Crippen molar-refractivity contribution in [3.05, 3.63) is 69.1 Å². The third kappa shape index (κ3) is 3.61. The number of carbonyl (C=O) groups is 1. The number of halogens is 1. The Hall–Kier alpha value is -3.37. The van der Waals surface area contributed by atoms with E-state index in [1.807, 2.05) is 19.1 Å². The highest BCUT2D eigenvalue weighted by Gasteiger charge is 2.22. The fourth-order valence-corrected chi connectivity index (χ4v) is 3.06. The molecule has 0 atom stereocenters. The van der Waals surface area contributed by atoms with Crippen LogP contribution in [0.5, 0.6) is 0 Å². The van der Waals surface area contributed by atoms with Gasteiger partial charge in [0.15, 0.2) is 0 Å². The van der Waals surface area contributed by atoms with E-state index in [2.05, 4.69) is 15.1 Å². The Morgan fingerprint density at radius 1 is 1.30 bits per heavy atom. The number of Topliss-reactive ketones (excluding diaryl/α,β-unsaturated/α-hetero) is 1. The highest BCUT2D eigenvalue weighted by Crippen LogP contribution is 2.28. The third-order valence-electron chi connectivity index (χ3n) is 4.08. The highest BCUT2D eigenvalue weighted by molar-refractivity contribution is 6.31. The SMILES string of the molecule is Cc1ccc(Cl)c(Cn2c(-c3cncc(N=O)c3)nc(C)c2C(=O)C#N)c1. The number of ketones is 1. The molecule has 0 saturated heterocycles. The quantitative estimate of drug-likeness (QED) is 0.372. The summed E-state index contributed by atoms with van der Waals surface area (Å²) in [4.78, 5) is 31.5. The minimum Gasteiger partial charge on any atom is -0.316 e. The molecule has 0 radical (unpaired) electrons. The lowest BCUT2D eigenvalue weighted by atomic mass is 10.1. The number of nitriles is 1. The van der Waals surface area contributed by atoms with Gasteiger partial charge in [-0.15, -0.1) is 4.91 Å². The predicted octanol–water partition coefficient (Wildman–Crippen LogP) is 4.37. The van der Waals surface area contributed by atoms with E-state index in [4.69, 9.17) is 16.9 Å². The number of aryl methyl sites for hydroxylation is 2. The van der Waals surface area contributed by atoms with Crippen LogP contribution in [0, 0.1) is 30.1 Å². The maximum absolute atomic E-state index is 12.2. The van der Waals surface area contributed by atoms with Gasteiger partial charge in [-0.25, -0.2) is 4.98 Å². The molecule has 0 bridgehead atoms. The van der Waals surface area contributed by atoms with Gasteiger partial charge in [-0.3, -0.25) is 9.78 Å². The van der Waals surface area contributed by atoms with Gasteiger partial charge in [-0.2, -0.15) is 5.26 Å². The summed E-state index contributed by atoms with van der Waals surface area (Å²) in [6.07, 6.45) is 2.85. The molecule has 0 N–H and O–H groups in total. The molecule has 0 saturated carbocycles. The van der Waals surface area contributed by atoms with Gasteiger partial charge < -0.3 is 4.57 Å². The second-order valence-corrected chi connectivity index (χ2v) is 6.42. The topological polar surface area (TPSA) is 101 Å². The van der Waals surface area contributed by atoms with Crippen LogP contribution in [-0.4, -0.2) is 20.3 Å². The lowest BCUT2D eigenvalue weighted by Gasteiger charge is -2.12. The highest BCUT2D eigenvalue weighted by atomic mass is 35.5. The maximum Gasteiger partial charge on any atom is 0.280 e. The number of rotatable bonds is 5. The minimum absolute atomic E-state index is 0.140. The molecule has 7 nitrogen and oxygen atoms in total. The fourth-order valence-electron chi connectivity index (χ4n) is 2.88. The molecule has 0 aliphatic carbocycles. The zero-order valence-electron chi connectivity index (χ0n) is 14.6. The van der Waals surface area contributed by atoms with Gasteiger partial charge in [0.1, 0.15) is 23.3 Å². The van der Waals surface area contributed by atoms with Crippen LogP contribution in [0.2, 0.25) is 5.02 Å². The molecule has 0 unspecified atom stereocenters. The number of imidazole rings is 1. The van der Waals surface area contributed by atoms with Crippen molar-refractivity contribution in [1.29, 1.82) is 5.26 Å². The van der Waals surface area contributed by atoms with Crippen molar-refractivity contribution in [3.63, 3.8) is 0 Å². The Bertz CT molecular complexity index is 1100. The van der Waals surface area contributed by atoms with E-state index in [1.54, 1.807) is 23.6 Å². The molecule has 0 spiro atoms. The fraction of sp³-hybridized carbons (Fsp3) is 0.158. The minimum atomic E-state index is -0.701. The van der Waals surface area contributed by atoms with Crippen LogP contribution in [0.15, 0.2) is 41.8 Å². The molecule has 0 fully saturated rings. The van der Waals surface area contributed by atoms with E-state index in [0.29, 0.717) is 22.1 Å². The van der Waals surface area contributed by atoms with Gasteiger partial charge in [-0.1, -0.05) is 29.3 Å². The van der Waals surface area contributed by atoms with E-state index >= 15 is 0 Å². The van der Waals surface area contributed by atoms with Crippen LogP contribution in [0.4, 0.5) is 5.69 Å². The molecule has 0 aliphatic heterocycles. The van der Waals surface area contributed by atoms with Crippen molar-refractivity contribution in [2.75, 3.05) is 0 Å². The second kappa shape index (κ2) is 7.48. The van der Waals surface area contributed by atoms with Crippen LogP contribution in [-0.2, 0) is 6.54 Å².